The van der Waals surface area contributed by atoms with Crippen LogP contribution in [0.4, 0.5) is 44.3 Å². The molecular weight excluding hydrogens is 605 g/mol. The van der Waals surface area contributed by atoms with Gasteiger partial charge in [0, 0.05) is 12.4 Å². The van der Waals surface area contributed by atoms with Crippen molar-refractivity contribution in [3.05, 3.63) is 107 Å². The number of ether oxygens (including phenoxy) is 1. The summed E-state index contributed by atoms with van der Waals surface area (Å²) >= 11 is 0. The minimum absolute atomic E-state index is 0.0239. The number of hydrogen-bond donors (Lipinski definition) is 0. The van der Waals surface area contributed by atoms with E-state index in [-0.39, 0.29) is 24.5 Å². The summed E-state index contributed by atoms with van der Waals surface area (Å²) in [4.78, 5) is 14.2. The van der Waals surface area contributed by atoms with Crippen molar-refractivity contribution in [1.29, 1.82) is 0 Å². The molecule has 2 aliphatic rings. The number of benzene rings is 3. The normalized spacial score (nSPS) is 18.2. The number of carbonyl (C=O) groups excluding carboxylic acids is 1. The number of halogens is 9. The molecule has 1 atom stereocenters. The van der Waals surface area contributed by atoms with E-state index in [0.29, 0.717) is 28.9 Å². The van der Waals surface area contributed by atoms with Crippen LogP contribution in [0.3, 0.4) is 0 Å². The van der Waals surface area contributed by atoms with Crippen molar-refractivity contribution < 1.29 is 49.0 Å². The first-order valence-electron chi connectivity index (χ1n) is 13.1. The highest BCUT2D eigenvalue weighted by Gasteiger charge is 2.63. The lowest BCUT2D eigenvalue weighted by Gasteiger charge is -2.26. The van der Waals surface area contributed by atoms with Gasteiger partial charge in [0.2, 0.25) is 0 Å². The van der Waals surface area contributed by atoms with Crippen LogP contribution >= 0.6 is 0 Å². The SMILES string of the molecule is O=C1O[C@H](c2cc(C(F)(F)F)cc(C(F)(F)F)c2)C2(CC2)N1Cc1cc(C(F)(F)F)ccc1-c1cccc(-n2cccn2)c1. The molecule has 0 bridgehead atoms. The van der Waals surface area contributed by atoms with Gasteiger partial charge in [-0.25, -0.2) is 9.48 Å². The minimum Gasteiger partial charge on any atom is -0.439 e. The van der Waals surface area contributed by atoms with Gasteiger partial charge in [0.15, 0.2) is 6.10 Å². The van der Waals surface area contributed by atoms with Gasteiger partial charge in [-0.05, 0) is 83.6 Å². The van der Waals surface area contributed by atoms with Crippen molar-refractivity contribution in [3.8, 4) is 16.8 Å². The van der Waals surface area contributed by atoms with E-state index in [1.807, 2.05) is 0 Å². The largest absolute Gasteiger partial charge is 0.439 e. The Hall–Kier alpha value is -4.49. The molecule has 2 heterocycles. The molecule has 5 nitrogen and oxygen atoms in total. The van der Waals surface area contributed by atoms with E-state index in [4.69, 9.17) is 4.74 Å². The summed E-state index contributed by atoms with van der Waals surface area (Å²) < 4.78 is 129. The number of amides is 1. The quantitative estimate of drug-likeness (QED) is 0.208. The average molecular weight is 625 g/mol. The zero-order chi connectivity index (χ0) is 31.7. The number of aromatic nitrogens is 2. The summed E-state index contributed by atoms with van der Waals surface area (Å²) in [5.41, 5.74) is -4.50. The maximum absolute atomic E-state index is 13.8. The van der Waals surface area contributed by atoms with E-state index in [0.717, 1.165) is 17.0 Å². The predicted molar refractivity (Wildman–Crippen MR) is 137 cm³/mol. The van der Waals surface area contributed by atoms with Gasteiger partial charge < -0.3 is 4.74 Å². The van der Waals surface area contributed by atoms with Gasteiger partial charge in [-0.15, -0.1) is 0 Å². The second kappa shape index (κ2) is 10.0. The molecular formula is C30H20F9N3O2. The molecule has 1 aliphatic carbocycles. The number of carbonyl (C=O) groups is 1. The average Bonchev–Trinajstić information content (AvgIpc) is 3.44. The highest BCUT2D eigenvalue weighted by atomic mass is 19.4. The molecule has 1 saturated carbocycles. The molecule has 0 unspecified atom stereocenters. The Morgan fingerprint density at radius 1 is 0.795 bits per heavy atom. The van der Waals surface area contributed by atoms with Crippen LogP contribution in [0.1, 0.15) is 46.8 Å². The molecule has 1 spiro atoms. The molecule has 2 fully saturated rings. The van der Waals surface area contributed by atoms with Crippen LogP contribution in [0, 0.1) is 0 Å². The van der Waals surface area contributed by atoms with Crippen molar-refractivity contribution in [1.82, 2.24) is 14.7 Å². The van der Waals surface area contributed by atoms with E-state index in [1.165, 1.54) is 6.07 Å². The van der Waals surface area contributed by atoms with Crippen LogP contribution in [0.5, 0.6) is 0 Å². The van der Waals surface area contributed by atoms with Crippen molar-refractivity contribution in [2.45, 2.75) is 49.6 Å². The third kappa shape index (κ3) is 5.37. The smallest absolute Gasteiger partial charge is 0.416 e. The predicted octanol–water partition coefficient (Wildman–Crippen LogP) is 8.82. The fraction of sp³-hybridized carbons (Fsp3) is 0.267. The Morgan fingerprint density at radius 3 is 2.02 bits per heavy atom. The fourth-order valence-electron chi connectivity index (χ4n) is 5.58. The van der Waals surface area contributed by atoms with Crippen LogP contribution in [0.25, 0.3) is 16.8 Å². The summed E-state index contributed by atoms with van der Waals surface area (Å²) in [6.45, 7) is -0.439. The molecule has 6 rings (SSSR count). The molecule has 4 aromatic rings. The second-order valence-electron chi connectivity index (χ2n) is 10.7. The maximum atomic E-state index is 13.8. The number of nitrogens with zero attached hydrogens (tertiary/aromatic N) is 3. The summed E-state index contributed by atoms with van der Waals surface area (Å²) in [6, 6.07) is 12.4. The first-order valence-corrected chi connectivity index (χ1v) is 13.1. The van der Waals surface area contributed by atoms with Crippen LogP contribution in [0.15, 0.2) is 79.1 Å². The monoisotopic (exact) mass is 625 g/mol. The van der Waals surface area contributed by atoms with Crippen molar-refractivity contribution in [3.63, 3.8) is 0 Å². The van der Waals surface area contributed by atoms with Gasteiger partial charge in [-0.3, -0.25) is 4.90 Å². The third-order valence-corrected chi connectivity index (χ3v) is 7.83. The number of alkyl halides is 9. The number of cyclic esters (lactones) is 1. The summed E-state index contributed by atoms with van der Waals surface area (Å²) in [7, 11) is 0. The summed E-state index contributed by atoms with van der Waals surface area (Å²) in [5.74, 6) is 0. The molecule has 1 aromatic heterocycles. The van der Waals surface area contributed by atoms with E-state index >= 15 is 0 Å². The zero-order valence-electron chi connectivity index (χ0n) is 22.3. The highest BCUT2D eigenvalue weighted by Crippen LogP contribution is 2.58. The lowest BCUT2D eigenvalue weighted by atomic mass is 9.93. The molecule has 1 saturated heterocycles. The standard InChI is InChI=1S/C30H20F9N3O2/c31-28(32,33)20-5-6-24(17-3-1-4-23(14-17)42-10-2-9-40-42)19(13-20)16-41-26(43)44-25(27(41)7-8-27)18-11-21(29(34,35)36)15-22(12-18)30(37,38)39/h1-6,9-15,25H,7-8,16H2/t25-/m1/s1. The van der Waals surface area contributed by atoms with Gasteiger partial charge >= 0.3 is 24.6 Å². The van der Waals surface area contributed by atoms with Gasteiger partial charge in [0.1, 0.15) is 0 Å². The Bertz CT molecular complexity index is 1690. The first kappa shape index (κ1) is 29.6. The molecule has 1 amide bonds. The van der Waals surface area contributed by atoms with E-state index < -0.39 is 65.1 Å². The van der Waals surface area contributed by atoms with Crippen molar-refractivity contribution in [2.24, 2.45) is 0 Å². The Kier molecular flexibility index (Phi) is 6.74. The van der Waals surface area contributed by atoms with Crippen molar-refractivity contribution >= 4 is 6.09 Å². The molecule has 14 heteroatoms. The first-order chi connectivity index (χ1) is 20.6. The fourth-order valence-corrected chi connectivity index (χ4v) is 5.58. The molecule has 230 valence electrons. The van der Waals surface area contributed by atoms with Crippen LogP contribution in [-0.2, 0) is 29.8 Å². The van der Waals surface area contributed by atoms with Crippen LogP contribution in [-0.4, -0.2) is 26.3 Å². The van der Waals surface area contributed by atoms with E-state index in [2.05, 4.69) is 5.10 Å². The highest BCUT2D eigenvalue weighted by molar-refractivity contribution is 5.75. The van der Waals surface area contributed by atoms with E-state index in [1.54, 1.807) is 47.4 Å². The Labute approximate surface area is 243 Å². The lowest BCUT2D eigenvalue weighted by molar-refractivity contribution is -0.143. The zero-order valence-corrected chi connectivity index (χ0v) is 22.3. The maximum Gasteiger partial charge on any atom is 0.416 e. The van der Waals surface area contributed by atoms with Gasteiger partial charge in [0.25, 0.3) is 0 Å². The number of hydrogen-bond acceptors (Lipinski definition) is 3. The Morgan fingerprint density at radius 2 is 1.45 bits per heavy atom. The van der Waals surface area contributed by atoms with Gasteiger partial charge in [-0.1, -0.05) is 18.2 Å². The third-order valence-electron chi connectivity index (χ3n) is 7.83. The summed E-state index contributed by atoms with van der Waals surface area (Å²) in [5, 5.41) is 4.15. The lowest BCUT2D eigenvalue weighted by Crippen LogP contribution is -2.36. The van der Waals surface area contributed by atoms with Gasteiger partial charge in [0.05, 0.1) is 34.5 Å². The molecule has 3 aromatic carbocycles. The molecule has 1 aliphatic heterocycles. The minimum atomic E-state index is -5.12. The van der Waals surface area contributed by atoms with Crippen LogP contribution in [0.2, 0.25) is 0 Å². The van der Waals surface area contributed by atoms with Gasteiger partial charge in [-0.2, -0.15) is 44.6 Å². The Balaban J connectivity index is 1.41. The topological polar surface area (TPSA) is 47.4 Å². The molecule has 0 N–H and O–H groups in total. The van der Waals surface area contributed by atoms with Crippen LogP contribution < -0.4 is 0 Å². The number of rotatable bonds is 5. The molecule has 44 heavy (non-hydrogen) atoms. The van der Waals surface area contributed by atoms with Crippen molar-refractivity contribution in [2.75, 3.05) is 0 Å². The second-order valence-corrected chi connectivity index (χ2v) is 10.7. The van der Waals surface area contributed by atoms with E-state index in [9.17, 15) is 44.3 Å². The summed E-state index contributed by atoms with van der Waals surface area (Å²) in [6.07, 6.45) is -14.0. The molecule has 0 radical (unpaired) electrons.